The molecule has 4 nitrogen and oxygen atoms in total. The van der Waals surface area contributed by atoms with Crippen LogP contribution in [0.2, 0.25) is 0 Å². The van der Waals surface area contributed by atoms with E-state index < -0.39 is 0 Å². The van der Waals surface area contributed by atoms with Crippen molar-refractivity contribution >= 4 is 5.91 Å². The molecule has 0 unspecified atom stereocenters. The zero-order chi connectivity index (χ0) is 16.9. The Balaban J connectivity index is 1.53. The number of ether oxygens (including phenoxy) is 1. The van der Waals surface area contributed by atoms with E-state index in [1.54, 1.807) is 19.2 Å². The number of hydrogen-bond acceptors (Lipinski definition) is 2. The van der Waals surface area contributed by atoms with E-state index in [0.29, 0.717) is 5.56 Å². The van der Waals surface area contributed by atoms with Crippen LogP contribution in [0, 0.1) is 5.82 Å². The number of methoxy groups -OCH3 is 1. The highest BCUT2D eigenvalue weighted by molar-refractivity contribution is 5.94. The highest BCUT2D eigenvalue weighted by Gasteiger charge is 2.24. The van der Waals surface area contributed by atoms with E-state index in [-0.39, 0.29) is 11.7 Å². The maximum atomic E-state index is 13.0. The van der Waals surface area contributed by atoms with Gasteiger partial charge in [0.1, 0.15) is 18.1 Å². The Morgan fingerprint density at radius 1 is 1.08 bits per heavy atom. The van der Waals surface area contributed by atoms with Gasteiger partial charge in [0, 0.05) is 11.1 Å². The van der Waals surface area contributed by atoms with E-state index in [9.17, 15) is 9.18 Å². The topological polar surface area (TPSA) is 34.0 Å². The van der Waals surface area contributed by atoms with Crippen molar-refractivity contribution in [3.05, 3.63) is 65.5 Å². The molecule has 0 aliphatic carbocycles. The van der Waals surface area contributed by atoms with Crippen molar-refractivity contribution in [3.8, 4) is 5.75 Å². The molecular weight excluding hydrogens is 307 g/mol. The summed E-state index contributed by atoms with van der Waals surface area (Å²) in [5, 5.41) is 0. The van der Waals surface area contributed by atoms with E-state index in [2.05, 4.69) is 12.1 Å². The quantitative estimate of drug-likeness (QED) is 0.919. The molecule has 0 radical (unpaired) electrons. The summed E-state index contributed by atoms with van der Waals surface area (Å²) in [5.41, 5.74) is 1.82. The molecule has 1 amide bonds. The molecule has 126 valence electrons. The lowest BCUT2D eigenvalue weighted by Gasteiger charge is -2.32. The summed E-state index contributed by atoms with van der Waals surface area (Å²) in [6, 6.07) is 13.9. The summed E-state index contributed by atoms with van der Waals surface area (Å²) >= 11 is 0. The smallest absolute Gasteiger partial charge is 0.254 e. The van der Waals surface area contributed by atoms with E-state index in [4.69, 9.17) is 4.74 Å². The van der Waals surface area contributed by atoms with Crippen molar-refractivity contribution in [1.29, 1.82) is 0 Å². The highest BCUT2D eigenvalue weighted by atomic mass is 19.1. The van der Waals surface area contributed by atoms with E-state index in [0.717, 1.165) is 38.5 Å². The first-order valence-corrected chi connectivity index (χ1v) is 8.17. The maximum absolute atomic E-state index is 13.0. The van der Waals surface area contributed by atoms with Crippen molar-refractivity contribution in [3.63, 3.8) is 0 Å². The summed E-state index contributed by atoms with van der Waals surface area (Å²) < 4.78 is 18.1. The second-order valence-electron chi connectivity index (χ2n) is 6.07. The normalized spacial score (nSPS) is 15.3. The SMILES string of the molecule is COc1ccc(C[NH+]2CCN(C(=O)c3ccc(F)cc3)CC2)cc1. The second-order valence-corrected chi connectivity index (χ2v) is 6.07. The summed E-state index contributed by atoms with van der Waals surface area (Å²) in [4.78, 5) is 15.7. The summed E-state index contributed by atoms with van der Waals surface area (Å²) in [7, 11) is 1.66. The monoisotopic (exact) mass is 329 g/mol. The Labute approximate surface area is 141 Å². The molecule has 1 saturated heterocycles. The lowest BCUT2D eigenvalue weighted by atomic mass is 10.1. The van der Waals surface area contributed by atoms with Crippen LogP contribution < -0.4 is 9.64 Å². The number of piperazine rings is 1. The van der Waals surface area contributed by atoms with Gasteiger partial charge < -0.3 is 14.5 Å². The largest absolute Gasteiger partial charge is 0.497 e. The molecule has 1 aliphatic rings. The van der Waals surface area contributed by atoms with Gasteiger partial charge >= 0.3 is 0 Å². The van der Waals surface area contributed by atoms with Gasteiger partial charge in [0.05, 0.1) is 33.3 Å². The summed E-state index contributed by atoms with van der Waals surface area (Å²) in [6.07, 6.45) is 0. The molecule has 0 spiro atoms. The van der Waals surface area contributed by atoms with Crippen LogP contribution in [0.5, 0.6) is 5.75 Å². The molecule has 1 heterocycles. The molecular formula is C19H22FN2O2+. The van der Waals surface area contributed by atoms with Crippen LogP contribution in [0.1, 0.15) is 15.9 Å². The number of amides is 1. The molecule has 0 bridgehead atoms. The van der Waals surface area contributed by atoms with Crippen molar-refractivity contribution in [2.45, 2.75) is 6.54 Å². The van der Waals surface area contributed by atoms with Gasteiger partial charge in [-0.1, -0.05) is 0 Å². The molecule has 1 N–H and O–H groups in total. The highest BCUT2D eigenvalue weighted by Crippen LogP contribution is 2.11. The van der Waals surface area contributed by atoms with Crippen molar-refractivity contribution in [1.82, 2.24) is 4.90 Å². The number of benzene rings is 2. The number of nitrogens with zero attached hydrogens (tertiary/aromatic N) is 1. The Morgan fingerprint density at radius 3 is 2.29 bits per heavy atom. The fraction of sp³-hybridized carbons (Fsp3) is 0.316. The van der Waals surface area contributed by atoms with E-state index in [1.807, 2.05) is 17.0 Å². The first kappa shape index (κ1) is 16.5. The third kappa shape index (κ3) is 3.92. The summed E-state index contributed by atoms with van der Waals surface area (Å²) in [5.74, 6) is 0.530. The fourth-order valence-electron chi connectivity index (χ4n) is 3.01. The molecule has 5 heteroatoms. The van der Waals surface area contributed by atoms with Crippen LogP contribution in [0.3, 0.4) is 0 Å². The lowest BCUT2D eigenvalue weighted by Crippen LogP contribution is -3.13. The number of carbonyl (C=O) groups excluding carboxylic acids is 1. The Kier molecular flexibility index (Phi) is 5.11. The molecule has 1 fully saturated rings. The van der Waals surface area contributed by atoms with Crippen molar-refractivity contribution in [2.75, 3.05) is 33.3 Å². The van der Waals surface area contributed by atoms with Gasteiger partial charge in [-0.05, 0) is 48.5 Å². The number of rotatable bonds is 4. The third-order valence-electron chi connectivity index (χ3n) is 4.46. The minimum Gasteiger partial charge on any atom is -0.497 e. The van der Waals surface area contributed by atoms with Crippen LogP contribution in [0.25, 0.3) is 0 Å². The Hall–Kier alpha value is -2.40. The molecule has 0 saturated carbocycles. The Bertz CT molecular complexity index is 678. The number of carbonyl (C=O) groups is 1. The van der Waals surface area contributed by atoms with Gasteiger partial charge in [-0.15, -0.1) is 0 Å². The standard InChI is InChI=1S/C19H21FN2O2/c1-24-18-8-2-15(3-9-18)14-21-10-12-22(13-11-21)19(23)16-4-6-17(20)7-5-16/h2-9H,10-14H2,1H3/p+1. The molecule has 3 rings (SSSR count). The van der Waals surface area contributed by atoms with E-state index >= 15 is 0 Å². The van der Waals surface area contributed by atoms with Gasteiger partial charge in [0.2, 0.25) is 0 Å². The molecule has 2 aromatic rings. The molecule has 0 atom stereocenters. The maximum Gasteiger partial charge on any atom is 0.254 e. The van der Waals surface area contributed by atoms with E-state index in [1.165, 1.54) is 22.6 Å². The van der Waals surface area contributed by atoms with Crippen LogP contribution in [-0.4, -0.2) is 44.1 Å². The molecule has 1 aliphatic heterocycles. The zero-order valence-electron chi connectivity index (χ0n) is 13.8. The number of halogens is 1. The fourth-order valence-corrected chi connectivity index (χ4v) is 3.01. The van der Waals surface area contributed by atoms with Gasteiger partial charge in [-0.2, -0.15) is 0 Å². The zero-order valence-corrected chi connectivity index (χ0v) is 13.8. The van der Waals surface area contributed by atoms with Crippen molar-refractivity contribution < 1.29 is 18.8 Å². The lowest BCUT2D eigenvalue weighted by molar-refractivity contribution is -0.917. The van der Waals surface area contributed by atoms with Crippen molar-refractivity contribution in [2.24, 2.45) is 0 Å². The predicted octanol–water partition coefficient (Wildman–Crippen LogP) is 1.38. The van der Waals surface area contributed by atoms with Gasteiger partial charge in [-0.3, -0.25) is 4.79 Å². The number of nitrogens with one attached hydrogen (secondary N) is 1. The van der Waals surface area contributed by atoms with Crippen LogP contribution in [0.15, 0.2) is 48.5 Å². The van der Waals surface area contributed by atoms with Crippen LogP contribution >= 0.6 is 0 Å². The predicted molar refractivity (Wildman–Crippen MR) is 89.7 cm³/mol. The minimum atomic E-state index is -0.319. The Morgan fingerprint density at radius 2 is 1.71 bits per heavy atom. The molecule has 0 aromatic heterocycles. The minimum absolute atomic E-state index is 0.0153. The van der Waals surface area contributed by atoms with Gasteiger partial charge in [-0.25, -0.2) is 4.39 Å². The molecule has 2 aromatic carbocycles. The first-order chi connectivity index (χ1) is 11.7. The third-order valence-corrected chi connectivity index (χ3v) is 4.46. The second kappa shape index (κ2) is 7.45. The number of hydrogen-bond donors (Lipinski definition) is 1. The average molecular weight is 329 g/mol. The number of quaternary nitrogens is 1. The first-order valence-electron chi connectivity index (χ1n) is 8.17. The van der Waals surface area contributed by atoms with Gasteiger partial charge in [0.25, 0.3) is 5.91 Å². The summed E-state index contributed by atoms with van der Waals surface area (Å²) in [6.45, 7) is 4.23. The molecule has 24 heavy (non-hydrogen) atoms. The average Bonchev–Trinajstić information content (AvgIpc) is 2.63. The van der Waals surface area contributed by atoms with Crippen LogP contribution in [0.4, 0.5) is 4.39 Å². The van der Waals surface area contributed by atoms with Gasteiger partial charge in [0.15, 0.2) is 0 Å². The van der Waals surface area contributed by atoms with Crippen LogP contribution in [-0.2, 0) is 6.54 Å².